The van der Waals surface area contributed by atoms with Gasteiger partial charge in [0.1, 0.15) is 5.82 Å². The maximum atomic E-state index is 11.9. The topological polar surface area (TPSA) is 57.8 Å². The van der Waals surface area contributed by atoms with Gasteiger partial charge in [-0.25, -0.2) is 4.98 Å². The fourth-order valence-electron chi connectivity index (χ4n) is 2.59. The molecule has 2 aliphatic rings. The first-order valence-corrected chi connectivity index (χ1v) is 6.62. The highest BCUT2D eigenvalue weighted by Crippen LogP contribution is 2.37. The second-order valence-electron chi connectivity index (χ2n) is 5.29. The van der Waals surface area contributed by atoms with Crippen LogP contribution in [0.1, 0.15) is 43.0 Å². The molecular formula is C13H19N3O. The van der Waals surface area contributed by atoms with E-state index in [0.29, 0.717) is 11.8 Å². The van der Waals surface area contributed by atoms with Crippen molar-refractivity contribution in [3.8, 4) is 0 Å². The molecule has 17 heavy (non-hydrogen) atoms. The fraction of sp³-hybridized carbons (Fsp3) is 0.692. The quantitative estimate of drug-likeness (QED) is 0.824. The summed E-state index contributed by atoms with van der Waals surface area (Å²) in [5, 5.41) is 3.35. The number of hydrogen-bond acceptors (Lipinski definition) is 3. The van der Waals surface area contributed by atoms with E-state index in [9.17, 15) is 4.79 Å². The van der Waals surface area contributed by atoms with Crippen LogP contribution < -0.4 is 10.9 Å². The molecule has 2 fully saturated rings. The summed E-state index contributed by atoms with van der Waals surface area (Å²) in [7, 11) is 0. The first-order valence-electron chi connectivity index (χ1n) is 6.62. The van der Waals surface area contributed by atoms with Gasteiger partial charge in [0.05, 0.1) is 0 Å². The molecule has 1 aromatic rings. The van der Waals surface area contributed by atoms with Crippen LogP contribution in [0.25, 0.3) is 0 Å². The number of rotatable bonds is 3. The molecule has 0 bridgehead atoms. The molecule has 0 atom stereocenters. The fourth-order valence-corrected chi connectivity index (χ4v) is 2.59. The molecule has 1 saturated carbocycles. The van der Waals surface area contributed by atoms with Crippen molar-refractivity contribution in [2.75, 3.05) is 13.1 Å². The zero-order valence-corrected chi connectivity index (χ0v) is 10.0. The molecule has 0 unspecified atom stereocenters. The summed E-state index contributed by atoms with van der Waals surface area (Å²) < 4.78 is 0. The van der Waals surface area contributed by atoms with Crippen LogP contribution in [0.2, 0.25) is 0 Å². The summed E-state index contributed by atoms with van der Waals surface area (Å²) >= 11 is 0. The average Bonchev–Trinajstić information content (AvgIpc) is 3.15. The molecule has 1 aliphatic carbocycles. The SMILES string of the molecule is O=c1[nH]c(CC2CCNCC2)ncc1C1CC1. The Balaban J connectivity index is 1.70. The van der Waals surface area contributed by atoms with Crippen molar-refractivity contribution in [2.24, 2.45) is 5.92 Å². The number of H-pyrrole nitrogens is 1. The molecule has 4 nitrogen and oxygen atoms in total. The van der Waals surface area contributed by atoms with Crippen molar-refractivity contribution in [3.05, 3.63) is 27.9 Å². The van der Waals surface area contributed by atoms with E-state index >= 15 is 0 Å². The number of aromatic nitrogens is 2. The van der Waals surface area contributed by atoms with Gasteiger partial charge in [-0.2, -0.15) is 0 Å². The van der Waals surface area contributed by atoms with E-state index in [1.165, 1.54) is 12.8 Å². The van der Waals surface area contributed by atoms with E-state index in [-0.39, 0.29) is 5.56 Å². The summed E-state index contributed by atoms with van der Waals surface area (Å²) in [4.78, 5) is 19.2. The monoisotopic (exact) mass is 233 g/mol. The van der Waals surface area contributed by atoms with Crippen LogP contribution >= 0.6 is 0 Å². The molecular weight excluding hydrogens is 214 g/mol. The van der Waals surface area contributed by atoms with Gasteiger partial charge in [0.25, 0.3) is 5.56 Å². The number of nitrogens with zero attached hydrogens (tertiary/aromatic N) is 1. The van der Waals surface area contributed by atoms with Crippen molar-refractivity contribution in [1.82, 2.24) is 15.3 Å². The summed E-state index contributed by atoms with van der Waals surface area (Å²) in [5.41, 5.74) is 0.977. The highest BCUT2D eigenvalue weighted by atomic mass is 16.1. The molecule has 4 heteroatoms. The predicted molar refractivity (Wildman–Crippen MR) is 66.1 cm³/mol. The molecule has 2 heterocycles. The lowest BCUT2D eigenvalue weighted by Gasteiger charge is -2.21. The first-order chi connectivity index (χ1) is 8.33. The normalized spacial score (nSPS) is 21.6. The van der Waals surface area contributed by atoms with Gasteiger partial charge < -0.3 is 10.3 Å². The number of piperidine rings is 1. The highest BCUT2D eigenvalue weighted by Gasteiger charge is 2.26. The smallest absolute Gasteiger partial charge is 0.254 e. The lowest BCUT2D eigenvalue weighted by atomic mass is 9.94. The summed E-state index contributed by atoms with van der Waals surface area (Å²) in [6.07, 6.45) is 7.40. The summed E-state index contributed by atoms with van der Waals surface area (Å²) in [5.74, 6) is 2.02. The van der Waals surface area contributed by atoms with Crippen LogP contribution in [0, 0.1) is 5.92 Å². The standard InChI is InChI=1S/C13H19N3O/c17-13-11(10-1-2-10)8-15-12(16-13)7-9-3-5-14-6-4-9/h8-10,14H,1-7H2,(H,15,16,17). The van der Waals surface area contributed by atoms with Gasteiger partial charge in [-0.1, -0.05) is 0 Å². The Kier molecular flexibility index (Phi) is 2.97. The van der Waals surface area contributed by atoms with E-state index in [2.05, 4.69) is 15.3 Å². The third-order valence-corrected chi connectivity index (χ3v) is 3.84. The molecule has 0 spiro atoms. The van der Waals surface area contributed by atoms with Gasteiger partial charge >= 0.3 is 0 Å². The Bertz CT molecular complexity index is 444. The number of nitrogens with one attached hydrogen (secondary N) is 2. The molecule has 0 aromatic carbocycles. The van der Waals surface area contributed by atoms with Crippen molar-refractivity contribution in [2.45, 2.75) is 38.0 Å². The van der Waals surface area contributed by atoms with Gasteiger partial charge in [-0.3, -0.25) is 4.79 Å². The number of aromatic amines is 1. The molecule has 0 radical (unpaired) electrons. The Hall–Kier alpha value is -1.16. The third-order valence-electron chi connectivity index (χ3n) is 3.84. The summed E-state index contributed by atoms with van der Waals surface area (Å²) in [6, 6.07) is 0. The van der Waals surface area contributed by atoms with E-state index in [4.69, 9.17) is 0 Å². The Morgan fingerprint density at radius 1 is 1.24 bits per heavy atom. The molecule has 1 saturated heterocycles. The minimum Gasteiger partial charge on any atom is -0.317 e. The maximum Gasteiger partial charge on any atom is 0.254 e. The maximum absolute atomic E-state index is 11.9. The Morgan fingerprint density at radius 2 is 2.00 bits per heavy atom. The molecule has 2 N–H and O–H groups in total. The lowest BCUT2D eigenvalue weighted by molar-refractivity contribution is 0.367. The minimum atomic E-state index is 0.0893. The third kappa shape index (κ3) is 2.57. The number of hydrogen-bond donors (Lipinski definition) is 2. The van der Waals surface area contributed by atoms with Gasteiger partial charge in [-0.15, -0.1) is 0 Å². The molecule has 0 amide bonds. The van der Waals surface area contributed by atoms with E-state index in [1.54, 1.807) is 6.20 Å². The summed E-state index contributed by atoms with van der Waals surface area (Å²) in [6.45, 7) is 2.18. The Morgan fingerprint density at radius 3 is 2.65 bits per heavy atom. The van der Waals surface area contributed by atoms with E-state index in [0.717, 1.165) is 43.7 Å². The zero-order chi connectivity index (χ0) is 11.7. The first kappa shape index (κ1) is 11.0. The van der Waals surface area contributed by atoms with E-state index < -0.39 is 0 Å². The van der Waals surface area contributed by atoms with Crippen LogP contribution in [0.3, 0.4) is 0 Å². The van der Waals surface area contributed by atoms with Gasteiger partial charge in [0.15, 0.2) is 0 Å². The molecule has 1 aliphatic heterocycles. The lowest BCUT2D eigenvalue weighted by Crippen LogP contribution is -2.29. The van der Waals surface area contributed by atoms with Crippen LogP contribution in [0.4, 0.5) is 0 Å². The second-order valence-corrected chi connectivity index (χ2v) is 5.29. The predicted octanol–water partition coefficient (Wildman–Crippen LogP) is 1.19. The van der Waals surface area contributed by atoms with Gasteiger partial charge in [-0.05, 0) is 50.6 Å². The van der Waals surface area contributed by atoms with Crippen LogP contribution in [0.15, 0.2) is 11.0 Å². The van der Waals surface area contributed by atoms with Gasteiger partial charge in [0, 0.05) is 18.2 Å². The van der Waals surface area contributed by atoms with E-state index in [1.807, 2.05) is 0 Å². The average molecular weight is 233 g/mol. The van der Waals surface area contributed by atoms with Crippen molar-refractivity contribution >= 4 is 0 Å². The van der Waals surface area contributed by atoms with Crippen LogP contribution in [-0.4, -0.2) is 23.1 Å². The van der Waals surface area contributed by atoms with Gasteiger partial charge in [0.2, 0.25) is 0 Å². The molecule has 92 valence electrons. The molecule has 3 rings (SSSR count). The zero-order valence-electron chi connectivity index (χ0n) is 10.0. The van der Waals surface area contributed by atoms with Crippen LogP contribution in [-0.2, 0) is 6.42 Å². The largest absolute Gasteiger partial charge is 0.317 e. The van der Waals surface area contributed by atoms with Crippen molar-refractivity contribution < 1.29 is 0 Å². The van der Waals surface area contributed by atoms with Crippen molar-refractivity contribution in [3.63, 3.8) is 0 Å². The molecule has 1 aromatic heterocycles. The van der Waals surface area contributed by atoms with Crippen LogP contribution in [0.5, 0.6) is 0 Å². The second kappa shape index (κ2) is 4.61. The Labute approximate surface area is 101 Å². The van der Waals surface area contributed by atoms with Crippen molar-refractivity contribution in [1.29, 1.82) is 0 Å². The minimum absolute atomic E-state index is 0.0893. The highest BCUT2D eigenvalue weighted by molar-refractivity contribution is 5.17.